The molecule has 0 saturated heterocycles. The first-order chi connectivity index (χ1) is 9.99. The molecule has 2 rings (SSSR count). The van der Waals surface area contributed by atoms with Crippen molar-refractivity contribution in [3.05, 3.63) is 38.4 Å². The molecule has 0 bridgehead atoms. The van der Waals surface area contributed by atoms with E-state index >= 15 is 0 Å². The molecule has 0 aromatic heterocycles. The lowest BCUT2D eigenvalue weighted by atomic mass is 9.96. The first-order valence-corrected chi connectivity index (χ1v) is 6.42. The van der Waals surface area contributed by atoms with Crippen LogP contribution in [0.3, 0.4) is 0 Å². The molecule has 0 aliphatic heterocycles. The van der Waals surface area contributed by atoms with Gasteiger partial charge in [0.1, 0.15) is 5.69 Å². The summed E-state index contributed by atoms with van der Waals surface area (Å²) < 4.78 is 0. The van der Waals surface area contributed by atoms with Crippen molar-refractivity contribution in [3.63, 3.8) is 0 Å². The van der Waals surface area contributed by atoms with Crippen LogP contribution in [0.15, 0.2) is 23.3 Å². The minimum absolute atomic E-state index is 0.0517. The summed E-state index contributed by atoms with van der Waals surface area (Å²) in [6.45, 7) is 0. The van der Waals surface area contributed by atoms with Gasteiger partial charge in [-0.2, -0.15) is 5.10 Å². The van der Waals surface area contributed by atoms with Gasteiger partial charge in [-0.25, -0.2) is 0 Å². The summed E-state index contributed by atoms with van der Waals surface area (Å²) in [7, 11) is 0. The van der Waals surface area contributed by atoms with Crippen LogP contribution in [0.5, 0.6) is 0 Å². The zero-order chi connectivity index (χ0) is 15.4. The number of nitro groups is 2. The Kier molecular flexibility index (Phi) is 4.43. The number of rotatable bonds is 4. The Labute approximate surface area is 119 Å². The molecule has 1 aliphatic rings. The number of hydrogen-bond donors (Lipinski definition) is 2. The molecule has 1 fully saturated rings. The fourth-order valence-electron chi connectivity index (χ4n) is 2.12. The number of hydrazone groups is 1. The number of nitrogens with zero attached hydrogens (tertiary/aromatic N) is 3. The molecule has 1 aliphatic carbocycles. The average Bonchev–Trinajstić information content (AvgIpc) is 2.46. The van der Waals surface area contributed by atoms with E-state index in [-0.39, 0.29) is 11.4 Å². The molecule has 1 aromatic carbocycles. The van der Waals surface area contributed by atoms with Gasteiger partial charge in [-0.15, -0.1) is 0 Å². The molecule has 9 nitrogen and oxygen atoms in total. The number of nitro benzene ring substituents is 2. The Morgan fingerprint density at radius 3 is 2.62 bits per heavy atom. The van der Waals surface area contributed by atoms with Gasteiger partial charge in [-0.1, -0.05) is 6.42 Å². The van der Waals surface area contributed by atoms with Crippen LogP contribution in [0.25, 0.3) is 0 Å². The van der Waals surface area contributed by atoms with Crippen LogP contribution in [0.4, 0.5) is 17.1 Å². The summed E-state index contributed by atoms with van der Waals surface area (Å²) in [6.07, 6.45) is 2.40. The maximum absolute atomic E-state index is 11.0. The molecule has 2 N–H and O–H groups in total. The number of non-ortho nitro benzene ring substituents is 1. The summed E-state index contributed by atoms with van der Waals surface area (Å²) in [5.41, 5.74) is 2.32. The maximum atomic E-state index is 11.0. The normalized spacial score (nSPS) is 20.2. The largest absolute Gasteiger partial charge is 0.387 e. The summed E-state index contributed by atoms with van der Waals surface area (Å²) in [4.78, 5) is 20.2. The topological polar surface area (TPSA) is 131 Å². The van der Waals surface area contributed by atoms with Crippen molar-refractivity contribution < 1.29 is 15.0 Å². The molecule has 1 saturated carbocycles. The SMILES string of the molecule is O=[N+]([O-])c1ccc(N/N=C2\CCCCC2O)c([N+](=O)[O-])c1. The van der Waals surface area contributed by atoms with Crippen molar-refractivity contribution in [2.24, 2.45) is 5.10 Å². The van der Waals surface area contributed by atoms with E-state index in [2.05, 4.69) is 10.5 Å². The molecule has 1 unspecified atom stereocenters. The lowest BCUT2D eigenvalue weighted by Gasteiger charge is -2.18. The number of anilines is 1. The lowest BCUT2D eigenvalue weighted by Crippen LogP contribution is -2.25. The first-order valence-electron chi connectivity index (χ1n) is 6.42. The predicted octanol–water partition coefficient (Wildman–Crippen LogP) is 2.21. The zero-order valence-electron chi connectivity index (χ0n) is 11.1. The van der Waals surface area contributed by atoms with Gasteiger partial charge in [0.2, 0.25) is 0 Å². The van der Waals surface area contributed by atoms with E-state index in [1.807, 2.05) is 0 Å². The number of hydrogen-bond acceptors (Lipinski definition) is 7. The van der Waals surface area contributed by atoms with Gasteiger partial charge in [-0.05, 0) is 25.3 Å². The van der Waals surface area contributed by atoms with E-state index in [1.165, 1.54) is 6.07 Å². The monoisotopic (exact) mass is 294 g/mol. The average molecular weight is 294 g/mol. The van der Waals surface area contributed by atoms with Gasteiger partial charge >= 0.3 is 5.69 Å². The second kappa shape index (κ2) is 6.27. The van der Waals surface area contributed by atoms with Crippen LogP contribution in [0, 0.1) is 20.2 Å². The second-order valence-electron chi connectivity index (χ2n) is 4.69. The van der Waals surface area contributed by atoms with E-state index in [4.69, 9.17) is 0 Å². The molecule has 112 valence electrons. The Morgan fingerprint density at radius 1 is 1.24 bits per heavy atom. The molecule has 0 spiro atoms. The molecule has 0 heterocycles. The molecule has 0 amide bonds. The fraction of sp³-hybridized carbons (Fsp3) is 0.417. The zero-order valence-corrected chi connectivity index (χ0v) is 11.1. The summed E-state index contributed by atoms with van der Waals surface area (Å²) in [6, 6.07) is 3.27. The summed E-state index contributed by atoms with van der Waals surface area (Å²) >= 11 is 0. The molecule has 9 heteroatoms. The maximum Gasteiger partial charge on any atom is 0.301 e. The number of aliphatic hydroxyl groups is 1. The third-order valence-corrected chi connectivity index (χ3v) is 3.25. The highest BCUT2D eigenvalue weighted by Crippen LogP contribution is 2.29. The highest BCUT2D eigenvalue weighted by molar-refractivity contribution is 5.89. The van der Waals surface area contributed by atoms with E-state index in [9.17, 15) is 25.3 Å². The van der Waals surface area contributed by atoms with E-state index < -0.39 is 21.6 Å². The third-order valence-electron chi connectivity index (χ3n) is 3.25. The van der Waals surface area contributed by atoms with Gasteiger partial charge in [0.05, 0.1) is 27.7 Å². The van der Waals surface area contributed by atoms with Gasteiger partial charge in [0.25, 0.3) is 5.69 Å². The molecule has 0 radical (unpaired) electrons. The van der Waals surface area contributed by atoms with Crippen LogP contribution in [-0.2, 0) is 0 Å². The Balaban J connectivity index is 2.25. The van der Waals surface area contributed by atoms with Gasteiger partial charge in [0, 0.05) is 6.07 Å². The summed E-state index contributed by atoms with van der Waals surface area (Å²) in [5.74, 6) is 0. The van der Waals surface area contributed by atoms with Crippen molar-refractivity contribution in [1.29, 1.82) is 0 Å². The van der Waals surface area contributed by atoms with Crippen LogP contribution in [0.1, 0.15) is 25.7 Å². The van der Waals surface area contributed by atoms with Crippen LogP contribution >= 0.6 is 0 Å². The Hall–Kier alpha value is -2.55. The van der Waals surface area contributed by atoms with Gasteiger partial charge in [0.15, 0.2) is 0 Å². The molecule has 1 atom stereocenters. The van der Waals surface area contributed by atoms with E-state index in [1.54, 1.807) is 0 Å². The Morgan fingerprint density at radius 2 is 2.00 bits per heavy atom. The smallest absolute Gasteiger partial charge is 0.301 e. The predicted molar refractivity (Wildman–Crippen MR) is 75.3 cm³/mol. The lowest BCUT2D eigenvalue weighted by molar-refractivity contribution is -0.393. The number of benzene rings is 1. The minimum Gasteiger partial charge on any atom is -0.387 e. The van der Waals surface area contributed by atoms with Gasteiger partial charge < -0.3 is 5.11 Å². The molecule has 21 heavy (non-hydrogen) atoms. The quantitative estimate of drug-likeness (QED) is 0.646. The Bertz CT molecular complexity index is 601. The van der Waals surface area contributed by atoms with Crippen molar-refractivity contribution in [2.75, 3.05) is 5.43 Å². The van der Waals surface area contributed by atoms with E-state index in [0.29, 0.717) is 18.6 Å². The van der Waals surface area contributed by atoms with Crippen molar-refractivity contribution in [1.82, 2.24) is 0 Å². The van der Waals surface area contributed by atoms with E-state index in [0.717, 1.165) is 25.0 Å². The number of aliphatic hydroxyl groups excluding tert-OH is 1. The van der Waals surface area contributed by atoms with Crippen LogP contribution in [-0.4, -0.2) is 26.8 Å². The van der Waals surface area contributed by atoms with Crippen molar-refractivity contribution in [2.45, 2.75) is 31.8 Å². The molecule has 1 aromatic rings. The number of nitrogens with one attached hydrogen (secondary N) is 1. The third kappa shape index (κ3) is 3.51. The standard InChI is InChI=1S/C12H14N4O5/c17-12-4-2-1-3-10(12)14-13-9-6-5-8(15(18)19)7-11(9)16(20)21/h5-7,12-13,17H,1-4H2/b14-10+. The highest BCUT2D eigenvalue weighted by Gasteiger charge is 2.21. The molecular weight excluding hydrogens is 280 g/mol. The van der Waals surface area contributed by atoms with Crippen molar-refractivity contribution >= 4 is 22.8 Å². The van der Waals surface area contributed by atoms with Crippen LogP contribution in [0.2, 0.25) is 0 Å². The summed E-state index contributed by atoms with van der Waals surface area (Å²) in [5, 5.41) is 35.3. The first kappa shape index (κ1) is 14.9. The second-order valence-corrected chi connectivity index (χ2v) is 4.69. The van der Waals surface area contributed by atoms with Crippen LogP contribution < -0.4 is 5.43 Å². The van der Waals surface area contributed by atoms with Crippen molar-refractivity contribution in [3.8, 4) is 0 Å². The van der Waals surface area contributed by atoms with Gasteiger partial charge in [-0.3, -0.25) is 25.7 Å². The molecular formula is C12H14N4O5. The highest BCUT2D eigenvalue weighted by atomic mass is 16.6. The minimum atomic E-state index is -0.715. The fourth-order valence-corrected chi connectivity index (χ4v) is 2.12.